The van der Waals surface area contributed by atoms with Crippen LogP contribution in [0.1, 0.15) is 48.0 Å². The van der Waals surface area contributed by atoms with Crippen LogP contribution in [0.5, 0.6) is 5.75 Å². The number of carbonyl (C=O) groups excluding carboxylic acids is 3. The van der Waals surface area contributed by atoms with Gasteiger partial charge < -0.3 is 9.64 Å². The molecular formula is C18H21BrN2O4. The van der Waals surface area contributed by atoms with E-state index in [4.69, 9.17) is 4.74 Å². The van der Waals surface area contributed by atoms with Gasteiger partial charge in [0.15, 0.2) is 0 Å². The largest absolute Gasteiger partial charge is 0.493 e. The van der Waals surface area contributed by atoms with E-state index in [1.54, 1.807) is 17.0 Å². The van der Waals surface area contributed by atoms with Gasteiger partial charge in [0, 0.05) is 22.9 Å². The third kappa shape index (κ3) is 3.86. The smallest absolute Gasteiger partial charge is 0.255 e. The number of halogens is 1. The maximum Gasteiger partial charge on any atom is 0.255 e. The topological polar surface area (TPSA) is 75.7 Å². The lowest BCUT2D eigenvalue weighted by molar-refractivity contribution is -0.136. The van der Waals surface area contributed by atoms with Gasteiger partial charge in [-0.2, -0.15) is 0 Å². The van der Waals surface area contributed by atoms with E-state index in [0.29, 0.717) is 30.9 Å². The number of ether oxygens (including phenoxy) is 1. The second-order valence-corrected chi connectivity index (χ2v) is 7.07. The van der Waals surface area contributed by atoms with Crippen molar-refractivity contribution < 1.29 is 19.1 Å². The molecule has 134 valence electrons. The van der Waals surface area contributed by atoms with Crippen molar-refractivity contribution >= 4 is 33.7 Å². The minimum Gasteiger partial charge on any atom is -0.493 e. The van der Waals surface area contributed by atoms with Gasteiger partial charge in [-0.3, -0.25) is 19.7 Å². The lowest BCUT2D eigenvalue weighted by Gasteiger charge is -2.29. The van der Waals surface area contributed by atoms with E-state index < -0.39 is 11.9 Å². The Morgan fingerprint density at radius 1 is 1.20 bits per heavy atom. The Morgan fingerprint density at radius 2 is 2.04 bits per heavy atom. The Labute approximate surface area is 155 Å². The molecule has 25 heavy (non-hydrogen) atoms. The highest BCUT2D eigenvalue weighted by molar-refractivity contribution is 9.09. The Morgan fingerprint density at radius 3 is 2.80 bits per heavy atom. The standard InChI is InChI=1S/C18H21BrN2O4/c19-9-2-1-3-10-25-15-6-4-5-12-13(15)11-21(18(12)24)14-7-8-16(22)20-17(14)23/h4-6,14H,1-3,7-11H2,(H,20,22,23). The number of benzene rings is 1. The minimum absolute atomic E-state index is 0.172. The predicted octanol–water partition coefficient (Wildman–Crippen LogP) is 2.39. The summed E-state index contributed by atoms with van der Waals surface area (Å²) < 4.78 is 5.87. The Kier molecular flexibility index (Phi) is 5.73. The highest BCUT2D eigenvalue weighted by Gasteiger charge is 2.40. The summed E-state index contributed by atoms with van der Waals surface area (Å²) in [6, 6.07) is 4.84. The molecule has 1 fully saturated rings. The number of nitrogens with one attached hydrogen (secondary N) is 1. The molecule has 0 aromatic heterocycles. The summed E-state index contributed by atoms with van der Waals surface area (Å²) in [5.41, 5.74) is 1.42. The van der Waals surface area contributed by atoms with E-state index in [9.17, 15) is 14.4 Å². The normalized spacial score (nSPS) is 19.8. The van der Waals surface area contributed by atoms with Gasteiger partial charge in [-0.15, -0.1) is 0 Å². The molecule has 3 rings (SSSR count). The molecule has 1 saturated heterocycles. The van der Waals surface area contributed by atoms with Crippen molar-refractivity contribution in [3.63, 3.8) is 0 Å². The van der Waals surface area contributed by atoms with E-state index in [1.165, 1.54) is 0 Å². The fourth-order valence-electron chi connectivity index (χ4n) is 3.25. The van der Waals surface area contributed by atoms with Crippen LogP contribution in [0, 0.1) is 0 Å². The monoisotopic (exact) mass is 408 g/mol. The average molecular weight is 409 g/mol. The van der Waals surface area contributed by atoms with Crippen molar-refractivity contribution in [2.24, 2.45) is 0 Å². The number of alkyl halides is 1. The number of fused-ring (bicyclic) bond motifs is 1. The Balaban J connectivity index is 1.69. The number of rotatable bonds is 7. The summed E-state index contributed by atoms with van der Waals surface area (Å²) in [4.78, 5) is 37.6. The van der Waals surface area contributed by atoms with Crippen LogP contribution in [-0.4, -0.2) is 40.6 Å². The highest BCUT2D eigenvalue weighted by atomic mass is 79.9. The van der Waals surface area contributed by atoms with Gasteiger partial charge in [0.25, 0.3) is 5.91 Å². The zero-order chi connectivity index (χ0) is 17.8. The first-order valence-corrected chi connectivity index (χ1v) is 9.69. The summed E-state index contributed by atoms with van der Waals surface area (Å²) in [6.07, 6.45) is 3.78. The molecule has 1 unspecified atom stereocenters. The first kappa shape index (κ1) is 17.9. The molecule has 1 N–H and O–H groups in total. The third-order valence-electron chi connectivity index (χ3n) is 4.57. The molecule has 3 amide bonds. The fraction of sp³-hybridized carbons (Fsp3) is 0.500. The zero-order valence-corrected chi connectivity index (χ0v) is 15.5. The van der Waals surface area contributed by atoms with Gasteiger partial charge in [0.1, 0.15) is 11.8 Å². The molecule has 2 aliphatic rings. The van der Waals surface area contributed by atoms with Crippen LogP contribution in [0.15, 0.2) is 18.2 Å². The molecule has 0 aliphatic carbocycles. The summed E-state index contributed by atoms with van der Waals surface area (Å²) in [7, 11) is 0. The third-order valence-corrected chi connectivity index (χ3v) is 5.14. The quantitative estimate of drug-likeness (QED) is 0.426. The SMILES string of the molecule is O=C1CCC(N2Cc3c(OCCCCCBr)cccc3C2=O)C(=O)N1. The number of carbonyl (C=O) groups is 3. The summed E-state index contributed by atoms with van der Waals surface area (Å²) in [6.45, 7) is 0.952. The van der Waals surface area contributed by atoms with Crippen LogP contribution in [0.25, 0.3) is 0 Å². The van der Waals surface area contributed by atoms with Gasteiger partial charge in [0.05, 0.1) is 13.2 Å². The first-order valence-electron chi connectivity index (χ1n) is 8.57. The van der Waals surface area contributed by atoms with Crippen LogP contribution in [0.4, 0.5) is 0 Å². The molecule has 2 aliphatic heterocycles. The molecular weight excluding hydrogens is 388 g/mol. The van der Waals surface area contributed by atoms with E-state index in [1.807, 2.05) is 6.07 Å². The molecule has 7 heteroatoms. The maximum absolute atomic E-state index is 12.7. The molecule has 1 aromatic carbocycles. The lowest BCUT2D eigenvalue weighted by atomic mass is 10.0. The molecule has 1 atom stereocenters. The van der Waals surface area contributed by atoms with E-state index in [-0.39, 0.29) is 18.2 Å². The fourth-order valence-corrected chi connectivity index (χ4v) is 3.64. The van der Waals surface area contributed by atoms with Crippen LogP contribution < -0.4 is 10.1 Å². The number of piperidine rings is 1. The summed E-state index contributed by atoms with van der Waals surface area (Å²) in [5, 5.41) is 3.30. The van der Waals surface area contributed by atoms with Crippen molar-refractivity contribution in [3.05, 3.63) is 29.3 Å². The van der Waals surface area contributed by atoms with Gasteiger partial charge in [-0.25, -0.2) is 0 Å². The van der Waals surface area contributed by atoms with Gasteiger partial charge in [0.2, 0.25) is 11.8 Å². The zero-order valence-electron chi connectivity index (χ0n) is 13.9. The van der Waals surface area contributed by atoms with E-state index in [0.717, 1.165) is 30.2 Å². The average Bonchev–Trinajstić information content (AvgIpc) is 2.92. The van der Waals surface area contributed by atoms with Crippen molar-refractivity contribution in [1.82, 2.24) is 10.2 Å². The molecule has 0 bridgehead atoms. The molecule has 2 heterocycles. The van der Waals surface area contributed by atoms with Crippen LogP contribution in [0.2, 0.25) is 0 Å². The molecule has 1 aromatic rings. The van der Waals surface area contributed by atoms with Crippen molar-refractivity contribution in [3.8, 4) is 5.75 Å². The first-order chi connectivity index (χ1) is 12.1. The second kappa shape index (κ2) is 7.99. The van der Waals surface area contributed by atoms with Gasteiger partial charge >= 0.3 is 0 Å². The molecule has 0 spiro atoms. The summed E-state index contributed by atoms with van der Waals surface area (Å²) >= 11 is 3.41. The number of unbranched alkanes of at least 4 members (excludes halogenated alkanes) is 2. The van der Waals surface area contributed by atoms with Crippen LogP contribution in [-0.2, 0) is 16.1 Å². The molecule has 0 saturated carbocycles. The van der Waals surface area contributed by atoms with Gasteiger partial charge in [-0.1, -0.05) is 22.0 Å². The van der Waals surface area contributed by atoms with Crippen molar-refractivity contribution in [2.45, 2.75) is 44.7 Å². The number of hydrogen-bond acceptors (Lipinski definition) is 4. The number of amides is 3. The van der Waals surface area contributed by atoms with E-state index >= 15 is 0 Å². The van der Waals surface area contributed by atoms with Crippen molar-refractivity contribution in [1.29, 1.82) is 0 Å². The number of imide groups is 1. The van der Waals surface area contributed by atoms with Gasteiger partial charge in [-0.05, 0) is 37.8 Å². The van der Waals surface area contributed by atoms with Crippen LogP contribution in [0.3, 0.4) is 0 Å². The highest BCUT2D eigenvalue weighted by Crippen LogP contribution is 2.33. The van der Waals surface area contributed by atoms with Crippen LogP contribution >= 0.6 is 15.9 Å². The second-order valence-electron chi connectivity index (χ2n) is 6.28. The van der Waals surface area contributed by atoms with E-state index in [2.05, 4.69) is 21.2 Å². The minimum atomic E-state index is -0.593. The molecule has 0 radical (unpaired) electrons. The number of nitrogens with zero attached hydrogens (tertiary/aromatic N) is 1. The lowest BCUT2D eigenvalue weighted by Crippen LogP contribution is -2.52. The summed E-state index contributed by atoms with van der Waals surface area (Å²) in [5.74, 6) is -0.138. The number of hydrogen-bond donors (Lipinski definition) is 1. The Bertz CT molecular complexity index is 692. The van der Waals surface area contributed by atoms with Crippen molar-refractivity contribution in [2.75, 3.05) is 11.9 Å². The predicted molar refractivity (Wildman–Crippen MR) is 95.6 cm³/mol. The molecule has 6 nitrogen and oxygen atoms in total. The Hall–Kier alpha value is -1.89. The maximum atomic E-state index is 12.7.